The van der Waals surface area contributed by atoms with Crippen LogP contribution in [0.15, 0.2) is 53.8 Å². The largest absolute Gasteiger partial charge is 0.386 e. The third-order valence-corrected chi connectivity index (χ3v) is 10.3. The van der Waals surface area contributed by atoms with Crippen molar-refractivity contribution < 1.29 is 12.6 Å². The molecule has 0 bridgehead atoms. The average Bonchev–Trinajstić information content (AvgIpc) is 3.00. The summed E-state index contributed by atoms with van der Waals surface area (Å²) in [5.41, 5.74) is 5.32. The molecule has 1 N–H and O–H groups in total. The number of aliphatic imine (C=N–C) groups is 1. The highest BCUT2D eigenvalue weighted by Crippen LogP contribution is 2.28. The number of nitrogens with one attached hydrogen (secondary N) is 1. The van der Waals surface area contributed by atoms with Crippen LogP contribution in [-0.2, 0) is 27.9 Å². The lowest BCUT2D eigenvalue weighted by molar-refractivity contribution is 0.411. The van der Waals surface area contributed by atoms with E-state index < -0.39 is 10.3 Å². The van der Waals surface area contributed by atoms with Gasteiger partial charge in [-0.25, -0.2) is 9.98 Å². The van der Waals surface area contributed by atoms with Crippen molar-refractivity contribution in [1.82, 2.24) is 19.3 Å². The lowest BCUT2D eigenvalue weighted by Gasteiger charge is -2.19. The second-order valence-electron chi connectivity index (χ2n) is 11.9. The Morgan fingerprint density at radius 3 is 2.26 bits per heavy atom. The molecule has 0 radical (unpaired) electrons. The van der Waals surface area contributed by atoms with Crippen molar-refractivity contribution in [3.63, 3.8) is 0 Å². The van der Waals surface area contributed by atoms with Gasteiger partial charge in [-0.1, -0.05) is 95.2 Å². The third-order valence-electron chi connectivity index (χ3n) is 6.69. The smallest absolute Gasteiger partial charge is 0.354 e. The van der Waals surface area contributed by atoms with Crippen LogP contribution in [0.3, 0.4) is 0 Å². The van der Waals surface area contributed by atoms with E-state index in [-0.39, 0.29) is 11.3 Å². The summed E-state index contributed by atoms with van der Waals surface area (Å²) in [6, 6.07) is 12.9. The van der Waals surface area contributed by atoms with Gasteiger partial charge in [0.15, 0.2) is 0 Å². The van der Waals surface area contributed by atoms with Gasteiger partial charge in [-0.05, 0) is 67.5 Å². The Morgan fingerprint density at radius 2 is 1.70 bits per heavy atom. The van der Waals surface area contributed by atoms with Crippen LogP contribution in [0.2, 0.25) is 0 Å². The maximum absolute atomic E-state index is 11.9. The van der Waals surface area contributed by atoms with Crippen molar-refractivity contribution in [2.45, 2.75) is 91.7 Å². The van der Waals surface area contributed by atoms with Gasteiger partial charge in [0.1, 0.15) is 4.38 Å². The van der Waals surface area contributed by atoms with E-state index in [1.807, 2.05) is 55.7 Å². The molecule has 0 saturated carbocycles. The number of pyridine rings is 1. The quantitative estimate of drug-likeness (QED) is 0.101. The molecule has 0 aliphatic heterocycles. The van der Waals surface area contributed by atoms with Crippen molar-refractivity contribution >= 4 is 49.8 Å². The summed E-state index contributed by atoms with van der Waals surface area (Å²) in [5, 5.41) is 2.98. The van der Waals surface area contributed by atoms with Gasteiger partial charge in [0.25, 0.3) is 0 Å². The van der Waals surface area contributed by atoms with Crippen LogP contribution < -0.4 is 9.50 Å². The predicted octanol–water partition coefficient (Wildman–Crippen LogP) is 8.58. The van der Waals surface area contributed by atoms with Gasteiger partial charge < -0.3 is 9.50 Å². The molecule has 0 spiro atoms. The molecule has 0 atom stereocenters. The fourth-order valence-electron chi connectivity index (χ4n) is 3.87. The maximum atomic E-state index is 11.9. The first-order chi connectivity index (χ1) is 21.8. The zero-order chi connectivity index (χ0) is 34.2. The van der Waals surface area contributed by atoms with Crippen molar-refractivity contribution in [2.75, 3.05) is 31.7 Å². The van der Waals surface area contributed by atoms with Gasteiger partial charge in [0.05, 0.1) is 11.9 Å². The molecular formula is C34H52N6O3S3. The van der Waals surface area contributed by atoms with Gasteiger partial charge in [-0.15, -0.1) is 0 Å². The molecule has 2 aromatic heterocycles. The number of benzene rings is 1. The summed E-state index contributed by atoms with van der Waals surface area (Å²) >= 11 is 3.67. The number of unbranched alkanes of at least 4 members (excludes halogenated alkanes) is 2. The number of hydrogen-bond acceptors (Lipinski definition) is 10. The molecule has 9 nitrogen and oxygen atoms in total. The highest BCUT2D eigenvalue weighted by molar-refractivity contribution is 8.38. The molecule has 0 unspecified atom stereocenters. The summed E-state index contributed by atoms with van der Waals surface area (Å²) in [4.78, 5) is 17.5. The zero-order valence-electron chi connectivity index (χ0n) is 29.0. The zero-order valence-corrected chi connectivity index (χ0v) is 31.4. The lowest BCUT2D eigenvalue weighted by Crippen LogP contribution is -2.28. The molecule has 46 heavy (non-hydrogen) atoms. The first kappa shape index (κ1) is 39.5. The molecule has 1 aromatic carbocycles. The number of hydrogen-bond donors (Lipinski definition) is 1. The molecular weight excluding hydrogens is 637 g/mol. The van der Waals surface area contributed by atoms with E-state index in [1.165, 1.54) is 38.1 Å². The second-order valence-corrected chi connectivity index (χ2v) is 16.0. The Labute approximate surface area is 286 Å². The summed E-state index contributed by atoms with van der Waals surface area (Å²) in [6.45, 7) is 15.4. The van der Waals surface area contributed by atoms with Crippen molar-refractivity contribution in [2.24, 2.45) is 4.99 Å². The molecule has 0 fully saturated rings. The number of rotatable bonds is 14. The number of aromatic nitrogens is 3. The second kappa shape index (κ2) is 19.9. The topological polar surface area (TPSA) is 110 Å². The maximum Gasteiger partial charge on any atom is 0.386 e. The SMILES string of the molecule is CCCCS/C(=N/c1cccnc1)SCc1ccc(C(C)(C)C)cc1.CCCCc1c(C)nc(NCC)nc1OS(=O)(=O)N(C)C. The van der Waals surface area contributed by atoms with E-state index in [0.29, 0.717) is 18.9 Å². The van der Waals surface area contributed by atoms with Crippen LogP contribution in [-0.4, -0.2) is 58.4 Å². The van der Waals surface area contributed by atoms with Gasteiger partial charge in [0.2, 0.25) is 11.8 Å². The van der Waals surface area contributed by atoms with Crippen LogP contribution in [0.5, 0.6) is 5.88 Å². The highest BCUT2D eigenvalue weighted by atomic mass is 32.2. The predicted molar refractivity (Wildman–Crippen MR) is 198 cm³/mol. The van der Waals surface area contributed by atoms with E-state index in [9.17, 15) is 8.42 Å². The van der Waals surface area contributed by atoms with Gasteiger partial charge >= 0.3 is 10.3 Å². The first-order valence-electron chi connectivity index (χ1n) is 15.9. The highest BCUT2D eigenvalue weighted by Gasteiger charge is 2.22. The number of anilines is 1. The van der Waals surface area contributed by atoms with Crippen LogP contribution >= 0.6 is 23.5 Å². The molecule has 0 aliphatic rings. The molecule has 254 valence electrons. The normalized spacial score (nSPS) is 12.1. The molecule has 0 saturated heterocycles. The Bertz CT molecular complexity index is 1460. The van der Waals surface area contributed by atoms with Crippen LogP contribution in [0.1, 0.15) is 89.6 Å². The van der Waals surface area contributed by atoms with Gasteiger partial charge in [0, 0.05) is 43.8 Å². The monoisotopic (exact) mass is 688 g/mol. The molecule has 12 heteroatoms. The minimum absolute atomic E-state index is 0.112. The number of thioether (sulfide) groups is 2. The van der Waals surface area contributed by atoms with Crippen LogP contribution in [0.4, 0.5) is 11.6 Å². The van der Waals surface area contributed by atoms with Crippen molar-refractivity contribution in [3.8, 4) is 5.88 Å². The van der Waals surface area contributed by atoms with Gasteiger partial charge in [-0.2, -0.15) is 17.7 Å². The van der Waals surface area contributed by atoms with E-state index >= 15 is 0 Å². The van der Waals surface area contributed by atoms with Gasteiger partial charge in [-0.3, -0.25) is 4.98 Å². The molecule has 0 amide bonds. The number of aryl methyl sites for hydroxylation is 1. The fourth-order valence-corrected chi connectivity index (χ4v) is 6.55. The average molecular weight is 689 g/mol. The minimum Gasteiger partial charge on any atom is -0.354 e. The lowest BCUT2D eigenvalue weighted by atomic mass is 9.87. The summed E-state index contributed by atoms with van der Waals surface area (Å²) < 4.78 is 31.2. The molecule has 3 rings (SSSR count). The Balaban J connectivity index is 0.000000326. The Morgan fingerprint density at radius 1 is 1.00 bits per heavy atom. The van der Waals surface area contributed by atoms with Crippen LogP contribution in [0.25, 0.3) is 0 Å². The summed E-state index contributed by atoms with van der Waals surface area (Å²) in [7, 11) is -0.998. The standard InChI is InChI=1S/C21H28N2S2.C13H24N4O3S/c1-5-6-14-24-20(23-19-8-7-13-22-15-19)25-16-17-9-11-18(12-10-17)21(2,3)4;1-6-8-9-11-10(3)15-13(14-7-2)16-12(11)20-21(18,19)17(4)5/h7-13,15H,5-6,14,16H2,1-4H3;6-9H2,1-5H3,(H,14,15,16)/b23-20-;. The van der Waals surface area contributed by atoms with E-state index in [1.54, 1.807) is 6.20 Å². The summed E-state index contributed by atoms with van der Waals surface area (Å²) in [6.07, 6.45) is 8.64. The Kier molecular flexibility index (Phi) is 17.1. The third kappa shape index (κ3) is 14.0. The fraction of sp³-hybridized carbons (Fsp3) is 0.529. The summed E-state index contributed by atoms with van der Waals surface area (Å²) in [5.74, 6) is 2.55. The Hall–Kier alpha value is -2.67. The minimum atomic E-state index is -3.83. The molecule has 3 aromatic rings. The van der Waals surface area contributed by atoms with E-state index in [0.717, 1.165) is 50.0 Å². The molecule has 2 heterocycles. The first-order valence-corrected chi connectivity index (χ1v) is 19.2. The van der Waals surface area contributed by atoms with Crippen molar-refractivity contribution in [1.29, 1.82) is 0 Å². The van der Waals surface area contributed by atoms with E-state index in [4.69, 9.17) is 9.18 Å². The number of nitrogens with zero attached hydrogens (tertiary/aromatic N) is 5. The molecule has 0 aliphatic carbocycles. The van der Waals surface area contributed by atoms with Crippen LogP contribution in [0, 0.1) is 6.92 Å². The van der Waals surface area contributed by atoms with E-state index in [2.05, 4.69) is 79.2 Å². The van der Waals surface area contributed by atoms with Crippen molar-refractivity contribution in [3.05, 3.63) is 71.2 Å².